The normalized spacial score (nSPS) is 13.3. The van der Waals surface area contributed by atoms with Gasteiger partial charge in [-0.15, -0.1) is 11.3 Å². The number of alkyl halides is 3. The van der Waals surface area contributed by atoms with E-state index in [-0.39, 0.29) is 16.7 Å². The lowest BCUT2D eigenvalue weighted by Gasteiger charge is -2.09. The second kappa shape index (κ2) is 7.96. The summed E-state index contributed by atoms with van der Waals surface area (Å²) in [6.07, 6.45) is 1.14. The Morgan fingerprint density at radius 3 is 2.54 bits per heavy atom. The number of nitrogens with one attached hydrogen (secondary N) is 1. The number of hydrogen-bond acceptors (Lipinski definition) is 4. The second-order valence-corrected chi connectivity index (χ2v) is 7.06. The highest BCUT2D eigenvalue weighted by atomic mass is 35.5. The van der Waals surface area contributed by atoms with Crippen LogP contribution in [0.1, 0.15) is 5.56 Å². The Morgan fingerprint density at radius 1 is 1.38 bits per heavy atom. The molecule has 0 saturated heterocycles. The molecular weight excluding hydrogens is 379 g/mol. The number of nitrogens with zero attached hydrogens (tertiary/aromatic N) is 1. The minimum Gasteiger partial charge on any atom is -0.390 e. The summed E-state index contributed by atoms with van der Waals surface area (Å²) in [6, 6.07) is 6.08. The van der Waals surface area contributed by atoms with Crippen molar-refractivity contribution >= 4 is 53.4 Å². The van der Waals surface area contributed by atoms with E-state index in [1.807, 2.05) is 0 Å². The van der Waals surface area contributed by atoms with Gasteiger partial charge in [0.1, 0.15) is 5.82 Å². The molecule has 0 aliphatic carbocycles. The molecule has 1 aromatic heterocycles. The van der Waals surface area contributed by atoms with Gasteiger partial charge in [-0.05, 0) is 29.5 Å². The maximum absolute atomic E-state index is 12.3. The lowest BCUT2D eigenvalue weighted by atomic mass is 10.2. The number of rotatable bonds is 5. The summed E-state index contributed by atoms with van der Waals surface area (Å²) >= 11 is 7.37. The minimum absolute atomic E-state index is 0.136. The fraction of sp³-hybridized carbons (Fsp3) is 0.133. The number of benzene rings is 1. The predicted octanol–water partition coefficient (Wildman–Crippen LogP) is 3.27. The van der Waals surface area contributed by atoms with Crippen LogP contribution in [0.2, 0.25) is 5.02 Å². The molecule has 2 aromatic rings. The first-order chi connectivity index (χ1) is 11.3. The smallest absolute Gasteiger partial charge is 0.390 e. The summed E-state index contributed by atoms with van der Waals surface area (Å²) in [7, 11) is 0. The van der Waals surface area contributed by atoms with Crippen molar-refractivity contribution in [3.8, 4) is 0 Å². The van der Waals surface area contributed by atoms with Crippen LogP contribution >= 0.6 is 34.7 Å². The van der Waals surface area contributed by atoms with Gasteiger partial charge in [0.15, 0.2) is 0 Å². The predicted molar refractivity (Wildman–Crippen MR) is 95.4 cm³/mol. The molecule has 9 heteroatoms. The van der Waals surface area contributed by atoms with E-state index in [4.69, 9.17) is 17.3 Å². The zero-order valence-corrected chi connectivity index (χ0v) is 14.6. The minimum atomic E-state index is -4.29. The molecular formula is C15H13ClF3N3S2. The molecule has 0 aliphatic rings. The van der Waals surface area contributed by atoms with Gasteiger partial charge in [0.05, 0.1) is 16.6 Å². The number of thioether (sulfide) groups is 1. The van der Waals surface area contributed by atoms with Crippen molar-refractivity contribution in [1.82, 2.24) is 5.32 Å². The molecule has 3 N–H and O–H groups in total. The summed E-state index contributed by atoms with van der Waals surface area (Å²) in [5.74, 6) is 0.461. The largest absolute Gasteiger partial charge is 0.446 e. The van der Waals surface area contributed by atoms with Crippen LogP contribution in [0.4, 0.5) is 13.2 Å². The van der Waals surface area contributed by atoms with Crippen LogP contribution in [0.15, 0.2) is 39.5 Å². The Balaban J connectivity index is 2.17. The van der Waals surface area contributed by atoms with Crippen LogP contribution in [-0.2, 0) is 6.54 Å². The Morgan fingerprint density at radius 2 is 2.04 bits per heavy atom. The van der Waals surface area contributed by atoms with Gasteiger partial charge in [-0.2, -0.15) is 13.2 Å². The van der Waals surface area contributed by atoms with Crippen molar-refractivity contribution < 1.29 is 13.2 Å². The number of hydrogen-bond donors (Lipinski definition) is 2. The molecule has 0 atom stereocenters. The lowest BCUT2D eigenvalue weighted by Crippen LogP contribution is -2.27. The van der Waals surface area contributed by atoms with Gasteiger partial charge >= 0.3 is 5.51 Å². The van der Waals surface area contributed by atoms with Crippen LogP contribution in [0.5, 0.6) is 0 Å². The Labute approximate surface area is 149 Å². The highest BCUT2D eigenvalue weighted by Crippen LogP contribution is 2.36. The van der Waals surface area contributed by atoms with E-state index in [1.165, 1.54) is 23.5 Å². The zero-order valence-electron chi connectivity index (χ0n) is 12.2. The standard InChI is InChI=1S/C15H13ClF3N3S2/c1-9-13(12(16)7-23-9)14(22-8-20)21-6-10-2-4-11(5-3-10)24-15(17,18)19/h2-5,7-8,21H,1,6H2,(H2,20,22)/b14-13+. The Kier molecular flexibility index (Phi) is 6.20. The first-order valence-corrected chi connectivity index (χ1v) is 8.66. The van der Waals surface area contributed by atoms with Gasteiger partial charge in [0.25, 0.3) is 0 Å². The van der Waals surface area contributed by atoms with Crippen LogP contribution < -0.4 is 20.8 Å². The van der Waals surface area contributed by atoms with E-state index >= 15 is 0 Å². The Hall–Kier alpha value is -1.64. The third-order valence-corrected chi connectivity index (χ3v) is 4.89. The first-order valence-electron chi connectivity index (χ1n) is 6.59. The molecule has 0 amide bonds. The molecule has 1 heterocycles. The van der Waals surface area contributed by atoms with Crippen LogP contribution in [0.3, 0.4) is 0 Å². The van der Waals surface area contributed by atoms with E-state index < -0.39 is 5.51 Å². The van der Waals surface area contributed by atoms with E-state index in [0.29, 0.717) is 22.6 Å². The summed E-state index contributed by atoms with van der Waals surface area (Å²) in [5, 5.41) is 6.00. The molecule has 0 saturated carbocycles. The van der Waals surface area contributed by atoms with E-state index in [2.05, 4.69) is 16.9 Å². The summed E-state index contributed by atoms with van der Waals surface area (Å²) < 4.78 is 37.7. The third-order valence-electron chi connectivity index (χ3n) is 2.88. The molecule has 0 unspecified atom stereocenters. The van der Waals surface area contributed by atoms with Crippen molar-refractivity contribution in [1.29, 1.82) is 0 Å². The second-order valence-electron chi connectivity index (χ2n) is 4.55. The summed E-state index contributed by atoms with van der Waals surface area (Å²) in [4.78, 5) is 4.19. The fourth-order valence-electron chi connectivity index (χ4n) is 1.89. The van der Waals surface area contributed by atoms with Crippen LogP contribution in [0, 0.1) is 0 Å². The SMILES string of the molecule is C=c1scc(Cl)/c1=C(/N=CN)NCc1ccc(SC(F)(F)F)cc1. The maximum Gasteiger partial charge on any atom is 0.446 e. The summed E-state index contributed by atoms with van der Waals surface area (Å²) in [6.45, 7) is 4.25. The van der Waals surface area contributed by atoms with Crippen molar-refractivity contribution in [3.05, 3.63) is 50.0 Å². The van der Waals surface area contributed by atoms with Gasteiger partial charge in [-0.25, -0.2) is 4.99 Å². The molecule has 0 bridgehead atoms. The third kappa shape index (κ3) is 5.19. The van der Waals surface area contributed by atoms with Crippen LogP contribution in [0.25, 0.3) is 12.4 Å². The molecule has 0 spiro atoms. The number of halogens is 4. The van der Waals surface area contributed by atoms with Gasteiger partial charge in [0, 0.05) is 21.4 Å². The number of nitrogens with two attached hydrogens (primary N) is 1. The quantitative estimate of drug-likeness (QED) is 0.467. The van der Waals surface area contributed by atoms with Crippen molar-refractivity contribution in [3.63, 3.8) is 0 Å². The molecule has 128 valence electrons. The topological polar surface area (TPSA) is 50.4 Å². The highest BCUT2D eigenvalue weighted by Gasteiger charge is 2.28. The molecule has 0 radical (unpaired) electrons. The first kappa shape index (κ1) is 18.7. The average molecular weight is 392 g/mol. The average Bonchev–Trinajstić information content (AvgIpc) is 2.83. The molecule has 1 aromatic carbocycles. The highest BCUT2D eigenvalue weighted by molar-refractivity contribution is 8.00. The zero-order chi connectivity index (χ0) is 17.7. The summed E-state index contributed by atoms with van der Waals surface area (Å²) in [5.41, 5.74) is 1.86. The van der Waals surface area contributed by atoms with Crippen molar-refractivity contribution in [2.45, 2.75) is 16.9 Å². The molecule has 0 aliphatic heterocycles. The number of aliphatic imine (C=N–C) groups is 1. The number of thiophene rings is 1. The maximum atomic E-state index is 12.3. The fourth-order valence-corrected chi connectivity index (χ4v) is 3.51. The van der Waals surface area contributed by atoms with E-state index in [0.717, 1.165) is 16.4 Å². The molecule has 24 heavy (non-hydrogen) atoms. The van der Waals surface area contributed by atoms with Gasteiger partial charge in [-0.3, -0.25) is 0 Å². The van der Waals surface area contributed by atoms with Crippen molar-refractivity contribution in [2.24, 2.45) is 10.7 Å². The van der Waals surface area contributed by atoms with Gasteiger partial charge in [0.2, 0.25) is 0 Å². The Bertz CT molecular complexity index is 829. The molecule has 2 rings (SSSR count). The van der Waals surface area contributed by atoms with Gasteiger partial charge in [-0.1, -0.05) is 30.3 Å². The van der Waals surface area contributed by atoms with E-state index in [9.17, 15) is 13.2 Å². The van der Waals surface area contributed by atoms with Crippen molar-refractivity contribution in [2.75, 3.05) is 0 Å². The van der Waals surface area contributed by atoms with E-state index in [1.54, 1.807) is 17.5 Å². The lowest BCUT2D eigenvalue weighted by molar-refractivity contribution is -0.0328. The molecule has 3 nitrogen and oxygen atoms in total. The van der Waals surface area contributed by atoms with Gasteiger partial charge < -0.3 is 11.1 Å². The van der Waals surface area contributed by atoms with Crippen LogP contribution in [-0.4, -0.2) is 11.8 Å². The molecule has 0 fully saturated rings. The monoisotopic (exact) mass is 391 g/mol.